The largest absolute Gasteiger partial charge is 0.478 e. The van der Waals surface area contributed by atoms with Crippen molar-refractivity contribution < 1.29 is 9.90 Å². The van der Waals surface area contributed by atoms with E-state index >= 15 is 0 Å². The highest BCUT2D eigenvalue weighted by molar-refractivity contribution is 5.85. The second-order valence-electron chi connectivity index (χ2n) is 2.31. The Kier molecular flexibility index (Phi) is 6.64. The Hall–Kier alpha value is -2.59. The number of hydrogen-bond acceptors (Lipinski definition) is 3. The van der Waals surface area contributed by atoms with Gasteiger partial charge in [0, 0.05) is 6.08 Å². The third-order valence-electron chi connectivity index (χ3n) is 1.27. The van der Waals surface area contributed by atoms with E-state index in [1.807, 2.05) is 30.3 Å². The molecule has 1 aromatic carbocycles. The van der Waals surface area contributed by atoms with Crippen molar-refractivity contribution in [2.45, 2.75) is 0 Å². The average Bonchev–Trinajstić information content (AvgIpc) is 2.28. The summed E-state index contributed by atoms with van der Waals surface area (Å²) in [6.45, 7) is 0. The Morgan fingerprint density at radius 2 is 1.73 bits per heavy atom. The molecule has 0 aliphatic rings. The molecule has 0 aliphatic carbocycles. The van der Waals surface area contributed by atoms with Crippen LogP contribution in [0.4, 0.5) is 0 Å². The summed E-state index contributed by atoms with van der Waals surface area (Å²) in [7, 11) is 0. The Bertz CT molecular complexity index is 398. The summed E-state index contributed by atoms with van der Waals surface area (Å²) in [6.07, 6.45) is 2.68. The quantitative estimate of drug-likeness (QED) is 0.738. The molecule has 0 bridgehead atoms. The predicted octanol–water partition coefficient (Wildman–Crippen LogP) is 1.82. The molecule has 1 rings (SSSR count). The number of hydrogen-bond donors (Lipinski definition) is 1. The summed E-state index contributed by atoms with van der Waals surface area (Å²) in [5.74, 6) is -0.922. The molecule has 4 heteroatoms. The van der Waals surface area contributed by atoms with Crippen LogP contribution in [0.1, 0.15) is 5.56 Å². The second-order valence-corrected chi connectivity index (χ2v) is 2.31. The van der Waals surface area contributed by atoms with Crippen LogP contribution in [0.25, 0.3) is 6.08 Å². The van der Waals surface area contributed by atoms with Gasteiger partial charge in [0.05, 0.1) is 0 Å². The van der Waals surface area contributed by atoms with Gasteiger partial charge in [-0.2, -0.15) is 10.5 Å². The molecule has 4 nitrogen and oxygen atoms in total. The molecule has 0 aromatic heterocycles. The number of carboxylic acids is 1. The topological polar surface area (TPSA) is 84.9 Å². The normalized spacial score (nSPS) is 8.13. The van der Waals surface area contributed by atoms with Crippen LogP contribution < -0.4 is 0 Å². The van der Waals surface area contributed by atoms with E-state index in [-0.39, 0.29) is 0 Å². The highest BCUT2D eigenvalue weighted by Gasteiger charge is 1.85. The predicted molar refractivity (Wildman–Crippen MR) is 54.3 cm³/mol. The average molecular weight is 200 g/mol. The summed E-state index contributed by atoms with van der Waals surface area (Å²) < 4.78 is 0. The van der Waals surface area contributed by atoms with Crippen molar-refractivity contribution in [1.82, 2.24) is 0 Å². The molecule has 1 aromatic rings. The number of nitriles is 2. The fraction of sp³-hybridized carbons (Fsp3) is 0. The minimum atomic E-state index is -0.922. The monoisotopic (exact) mass is 200 g/mol. The number of carboxylic acid groups (broad SMARTS) is 1. The molecule has 0 heterocycles. The first kappa shape index (κ1) is 12.4. The van der Waals surface area contributed by atoms with Crippen molar-refractivity contribution in [3.63, 3.8) is 0 Å². The Morgan fingerprint density at radius 1 is 1.20 bits per heavy atom. The maximum atomic E-state index is 10.1. The van der Waals surface area contributed by atoms with E-state index in [9.17, 15) is 4.79 Å². The fourth-order valence-corrected chi connectivity index (χ4v) is 0.732. The summed E-state index contributed by atoms with van der Waals surface area (Å²) >= 11 is 0. The van der Waals surface area contributed by atoms with Gasteiger partial charge in [-0.3, -0.25) is 0 Å². The standard InChI is InChI=1S/C9H8O2.C2N2/c10-9(11)7-6-8-4-2-1-3-5-8;3-1-2-4/h1-7H,(H,10,11);. The van der Waals surface area contributed by atoms with Crippen molar-refractivity contribution in [3.05, 3.63) is 42.0 Å². The molecule has 0 saturated carbocycles. The summed E-state index contributed by atoms with van der Waals surface area (Å²) in [5.41, 5.74) is 0.898. The third-order valence-corrected chi connectivity index (χ3v) is 1.27. The van der Waals surface area contributed by atoms with Crippen LogP contribution >= 0.6 is 0 Å². The first-order valence-corrected chi connectivity index (χ1v) is 3.95. The lowest BCUT2D eigenvalue weighted by Gasteiger charge is -1.87. The molecule has 0 unspecified atom stereocenters. The van der Waals surface area contributed by atoms with Gasteiger partial charge >= 0.3 is 5.97 Å². The Morgan fingerprint density at radius 3 is 2.13 bits per heavy atom. The first-order chi connectivity index (χ1) is 7.20. The SMILES string of the molecule is N#CC#N.O=C(O)C=Cc1ccccc1. The van der Waals surface area contributed by atoms with E-state index in [4.69, 9.17) is 15.6 Å². The maximum absolute atomic E-state index is 10.1. The van der Waals surface area contributed by atoms with Gasteiger partial charge in [-0.25, -0.2) is 4.79 Å². The number of nitrogens with zero attached hydrogens (tertiary/aromatic N) is 2. The molecular weight excluding hydrogens is 192 g/mol. The second kappa shape index (κ2) is 8.03. The number of benzene rings is 1. The van der Waals surface area contributed by atoms with Gasteiger partial charge in [0.15, 0.2) is 12.1 Å². The molecule has 0 saturated heterocycles. The maximum Gasteiger partial charge on any atom is 0.328 e. The van der Waals surface area contributed by atoms with Gasteiger partial charge in [-0.1, -0.05) is 30.3 Å². The smallest absolute Gasteiger partial charge is 0.328 e. The van der Waals surface area contributed by atoms with Gasteiger partial charge in [-0.15, -0.1) is 0 Å². The van der Waals surface area contributed by atoms with E-state index in [0.29, 0.717) is 0 Å². The van der Waals surface area contributed by atoms with Crippen molar-refractivity contribution in [1.29, 1.82) is 10.5 Å². The molecule has 1 N–H and O–H groups in total. The first-order valence-electron chi connectivity index (χ1n) is 3.95. The van der Waals surface area contributed by atoms with Crippen LogP contribution in [-0.2, 0) is 4.79 Å². The molecular formula is C11H8N2O2. The van der Waals surface area contributed by atoms with Crippen LogP contribution in [0.3, 0.4) is 0 Å². The van der Waals surface area contributed by atoms with Crippen LogP contribution in [0.2, 0.25) is 0 Å². The minimum absolute atomic E-state index is 0.898. The van der Waals surface area contributed by atoms with E-state index in [1.165, 1.54) is 12.1 Å². The van der Waals surface area contributed by atoms with Crippen LogP contribution in [-0.4, -0.2) is 11.1 Å². The minimum Gasteiger partial charge on any atom is -0.478 e. The van der Waals surface area contributed by atoms with E-state index in [2.05, 4.69) is 0 Å². The van der Waals surface area contributed by atoms with Crippen LogP contribution in [0.15, 0.2) is 36.4 Å². The zero-order valence-electron chi connectivity index (χ0n) is 7.79. The highest BCUT2D eigenvalue weighted by atomic mass is 16.4. The number of carbonyl (C=O) groups is 1. The molecule has 15 heavy (non-hydrogen) atoms. The van der Waals surface area contributed by atoms with E-state index in [0.717, 1.165) is 11.6 Å². The van der Waals surface area contributed by atoms with Gasteiger partial charge in [0.2, 0.25) is 0 Å². The summed E-state index contributed by atoms with van der Waals surface area (Å²) in [5, 5.41) is 22.8. The summed E-state index contributed by atoms with van der Waals surface area (Å²) in [4.78, 5) is 10.1. The Labute approximate surface area is 87.3 Å². The molecule has 74 valence electrons. The lowest BCUT2D eigenvalue weighted by Crippen LogP contribution is -1.85. The van der Waals surface area contributed by atoms with Crippen LogP contribution in [0.5, 0.6) is 0 Å². The molecule has 0 atom stereocenters. The van der Waals surface area contributed by atoms with E-state index in [1.54, 1.807) is 6.08 Å². The van der Waals surface area contributed by atoms with Gasteiger partial charge in [0.25, 0.3) is 0 Å². The molecule has 0 aliphatic heterocycles. The summed E-state index contributed by atoms with van der Waals surface area (Å²) in [6, 6.07) is 11.8. The highest BCUT2D eigenvalue weighted by Crippen LogP contribution is 1.99. The third kappa shape index (κ3) is 7.76. The number of rotatable bonds is 2. The Balaban J connectivity index is 0.000000423. The van der Waals surface area contributed by atoms with Crippen molar-refractivity contribution in [2.24, 2.45) is 0 Å². The molecule has 0 radical (unpaired) electrons. The van der Waals surface area contributed by atoms with Gasteiger partial charge in [-0.05, 0) is 11.6 Å². The van der Waals surface area contributed by atoms with Crippen molar-refractivity contribution in [2.75, 3.05) is 0 Å². The molecule has 0 spiro atoms. The molecule has 0 fully saturated rings. The van der Waals surface area contributed by atoms with Crippen molar-refractivity contribution in [3.8, 4) is 12.1 Å². The van der Waals surface area contributed by atoms with Gasteiger partial charge < -0.3 is 5.11 Å². The van der Waals surface area contributed by atoms with Gasteiger partial charge in [0.1, 0.15) is 0 Å². The molecule has 0 amide bonds. The zero-order chi connectivity index (χ0) is 11.5. The van der Waals surface area contributed by atoms with Crippen molar-refractivity contribution >= 4 is 12.0 Å². The fourth-order valence-electron chi connectivity index (χ4n) is 0.732. The lowest BCUT2D eigenvalue weighted by molar-refractivity contribution is -0.131. The lowest BCUT2D eigenvalue weighted by atomic mass is 10.2. The van der Waals surface area contributed by atoms with Crippen LogP contribution in [0, 0.1) is 22.7 Å². The number of aliphatic carboxylic acids is 1. The van der Waals surface area contributed by atoms with E-state index < -0.39 is 5.97 Å². The zero-order valence-corrected chi connectivity index (χ0v) is 7.79.